The van der Waals surface area contributed by atoms with Crippen LogP contribution in [0.5, 0.6) is 0 Å². The molecular formula is C10H19NSi. The molecule has 12 heavy (non-hydrogen) atoms. The first kappa shape index (κ1) is 11.4. The van der Waals surface area contributed by atoms with Crippen molar-refractivity contribution in [2.75, 3.05) is 0 Å². The summed E-state index contributed by atoms with van der Waals surface area (Å²) in [4.78, 5) is 0. The molecule has 0 spiro atoms. The number of hydrogen-bond acceptors (Lipinski definition) is 1. The Morgan fingerprint density at radius 1 is 1.42 bits per heavy atom. The van der Waals surface area contributed by atoms with Crippen LogP contribution in [0.1, 0.15) is 26.2 Å². The van der Waals surface area contributed by atoms with Crippen LogP contribution in [-0.4, -0.2) is 8.07 Å². The molecule has 1 nitrogen and oxygen atoms in total. The van der Waals surface area contributed by atoms with Gasteiger partial charge in [-0.25, -0.2) is 0 Å². The molecule has 0 aliphatic rings. The summed E-state index contributed by atoms with van der Waals surface area (Å²) in [6.07, 6.45) is 5.62. The first-order valence-corrected chi connectivity index (χ1v) is 8.13. The van der Waals surface area contributed by atoms with Gasteiger partial charge in [-0.3, -0.25) is 0 Å². The van der Waals surface area contributed by atoms with E-state index in [-0.39, 0.29) is 0 Å². The molecule has 0 unspecified atom stereocenters. The monoisotopic (exact) mass is 181 g/mol. The Morgan fingerprint density at radius 3 is 2.33 bits per heavy atom. The lowest BCUT2D eigenvalue weighted by Crippen LogP contribution is -2.22. The van der Waals surface area contributed by atoms with Crippen LogP contribution in [0.2, 0.25) is 19.6 Å². The molecule has 2 heteroatoms. The van der Waals surface area contributed by atoms with E-state index in [4.69, 9.17) is 5.26 Å². The molecule has 0 bridgehead atoms. The molecule has 0 rings (SSSR count). The topological polar surface area (TPSA) is 23.8 Å². The van der Waals surface area contributed by atoms with E-state index in [0.29, 0.717) is 0 Å². The van der Waals surface area contributed by atoms with Crippen LogP contribution in [0, 0.1) is 11.3 Å². The summed E-state index contributed by atoms with van der Waals surface area (Å²) in [7, 11) is -1.34. The van der Waals surface area contributed by atoms with Crippen molar-refractivity contribution in [3.8, 4) is 6.07 Å². The normalized spacial score (nSPS) is 12.8. The quantitative estimate of drug-likeness (QED) is 0.370. The molecule has 0 aromatic heterocycles. The highest BCUT2D eigenvalue weighted by atomic mass is 28.3. The van der Waals surface area contributed by atoms with E-state index in [0.717, 1.165) is 11.6 Å². The van der Waals surface area contributed by atoms with Gasteiger partial charge in [0, 0.05) is 5.20 Å². The number of hydrogen-bond donors (Lipinski definition) is 0. The lowest BCUT2D eigenvalue weighted by atomic mass is 10.2. The number of nitrogens with zero attached hydrogens (tertiary/aromatic N) is 1. The van der Waals surface area contributed by atoms with Gasteiger partial charge in [-0.15, -0.1) is 0 Å². The fourth-order valence-corrected chi connectivity index (χ4v) is 2.06. The highest BCUT2D eigenvalue weighted by Gasteiger charge is 2.18. The van der Waals surface area contributed by atoms with Gasteiger partial charge in [0.25, 0.3) is 0 Å². The fraction of sp³-hybridized carbons (Fsp3) is 0.700. The van der Waals surface area contributed by atoms with Crippen LogP contribution in [0.15, 0.2) is 11.3 Å². The van der Waals surface area contributed by atoms with E-state index in [2.05, 4.69) is 38.7 Å². The molecule has 0 aliphatic carbocycles. The minimum Gasteiger partial charge on any atom is -0.193 e. The van der Waals surface area contributed by atoms with Gasteiger partial charge in [-0.05, 0) is 6.42 Å². The Labute approximate surface area is 77.1 Å². The Kier molecular flexibility index (Phi) is 4.92. The maximum absolute atomic E-state index is 8.88. The van der Waals surface area contributed by atoms with Crippen molar-refractivity contribution < 1.29 is 0 Å². The van der Waals surface area contributed by atoms with Crippen LogP contribution in [0.3, 0.4) is 0 Å². The Morgan fingerprint density at radius 2 is 2.00 bits per heavy atom. The molecule has 0 atom stereocenters. The highest BCUT2D eigenvalue weighted by Crippen LogP contribution is 2.14. The zero-order valence-corrected chi connectivity index (χ0v) is 9.65. The highest BCUT2D eigenvalue weighted by molar-refractivity contribution is 6.84. The molecule has 68 valence electrons. The zero-order valence-electron chi connectivity index (χ0n) is 8.65. The average molecular weight is 181 g/mol. The molecule has 0 heterocycles. The van der Waals surface area contributed by atoms with Crippen LogP contribution in [0.25, 0.3) is 0 Å². The third-order valence-corrected chi connectivity index (χ3v) is 3.77. The van der Waals surface area contributed by atoms with Crippen molar-refractivity contribution in [2.24, 2.45) is 0 Å². The summed E-state index contributed by atoms with van der Waals surface area (Å²) in [6, 6.07) is 2.32. The Hall–Kier alpha value is -0.553. The molecule has 0 aromatic carbocycles. The van der Waals surface area contributed by atoms with Crippen molar-refractivity contribution >= 4 is 8.07 Å². The predicted molar refractivity (Wildman–Crippen MR) is 56.6 cm³/mol. The maximum Gasteiger partial charge on any atom is 0.0907 e. The lowest BCUT2D eigenvalue weighted by molar-refractivity contribution is 0.814. The first-order valence-electron chi connectivity index (χ1n) is 4.63. The van der Waals surface area contributed by atoms with Crippen molar-refractivity contribution in [1.82, 2.24) is 0 Å². The largest absolute Gasteiger partial charge is 0.193 e. The number of rotatable bonds is 4. The van der Waals surface area contributed by atoms with Crippen LogP contribution < -0.4 is 0 Å². The molecule has 0 radical (unpaired) electrons. The van der Waals surface area contributed by atoms with Crippen molar-refractivity contribution in [2.45, 2.75) is 45.8 Å². The van der Waals surface area contributed by atoms with Gasteiger partial charge in [0.1, 0.15) is 0 Å². The van der Waals surface area contributed by atoms with Crippen LogP contribution in [0.4, 0.5) is 0 Å². The fourth-order valence-electron chi connectivity index (χ4n) is 0.970. The first-order chi connectivity index (χ1) is 5.52. The SMILES string of the molecule is CCCC/C=C(/C#N)[Si](C)(C)C. The predicted octanol–water partition coefficient (Wildman–Crippen LogP) is 3.50. The number of allylic oxidation sites excluding steroid dienone is 2. The van der Waals surface area contributed by atoms with Gasteiger partial charge >= 0.3 is 0 Å². The lowest BCUT2D eigenvalue weighted by Gasteiger charge is -2.13. The van der Waals surface area contributed by atoms with Gasteiger partial charge in [-0.1, -0.05) is 45.5 Å². The second-order valence-corrected chi connectivity index (χ2v) is 9.16. The summed E-state index contributed by atoms with van der Waals surface area (Å²) < 4.78 is 0. The van der Waals surface area contributed by atoms with E-state index in [1.165, 1.54) is 12.8 Å². The standard InChI is InChI=1S/C10H19NSi/c1-5-6-7-8-10(9-11)12(2,3)4/h8H,5-7H2,1-4H3/b10-8-. The summed E-state index contributed by atoms with van der Waals surface area (Å²) >= 11 is 0. The van der Waals surface area contributed by atoms with Crippen molar-refractivity contribution in [3.05, 3.63) is 11.3 Å². The zero-order chi connectivity index (χ0) is 9.61. The summed E-state index contributed by atoms with van der Waals surface area (Å²) in [6.45, 7) is 8.82. The van der Waals surface area contributed by atoms with E-state index in [9.17, 15) is 0 Å². The summed E-state index contributed by atoms with van der Waals surface area (Å²) in [5, 5.41) is 9.93. The van der Waals surface area contributed by atoms with Gasteiger partial charge in [0.15, 0.2) is 0 Å². The minimum absolute atomic E-state index is 1.05. The van der Waals surface area contributed by atoms with Crippen molar-refractivity contribution in [1.29, 1.82) is 5.26 Å². The van der Waals surface area contributed by atoms with Gasteiger partial charge in [0.05, 0.1) is 14.1 Å². The second-order valence-electron chi connectivity index (χ2n) is 4.12. The Bertz CT molecular complexity index is 193. The smallest absolute Gasteiger partial charge is 0.0907 e. The molecule has 0 amide bonds. The summed E-state index contributed by atoms with van der Waals surface area (Å²) in [5.74, 6) is 0. The number of nitriles is 1. The minimum atomic E-state index is -1.34. The Balaban J connectivity index is 4.18. The van der Waals surface area contributed by atoms with Gasteiger partial charge in [-0.2, -0.15) is 5.26 Å². The van der Waals surface area contributed by atoms with E-state index < -0.39 is 8.07 Å². The van der Waals surface area contributed by atoms with Crippen molar-refractivity contribution in [3.63, 3.8) is 0 Å². The number of unbranched alkanes of at least 4 members (excludes halogenated alkanes) is 2. The molecule has 0 fully saturated rings. The third kappa shape index (κ3) is 4.35. The van der Waals surface area contributed by atoms with Gasteiger partial charge in [0.2, 0.25) is 0 Å². The van der Waals surface area contributed by atoms with E-state index in [1.54, 1.807) is 0 Å². The van der Waals surface area contributed by atoms with E-state index >= 15 is 0 Å². The maximum atomic E-state index is 8.88. The molecular weight excluding hydrogens is 162 g/mol. The second kappa shape index (κ2) is 5.16. The van der Waals surface area contributed by atoms with Gasteiger partial charge < -0.3 is 0 Å². The molecule has 0 saturated carbocycles. The third-order valence-electron chi connectivity index (χ3n) is 1.83. The van der Waals surface area contributed by atoms with Crippen LogP contribution in [-0.2, 0) is 0 Å². The molecule has 0 saturated heterocycles. The van der Waals surface area contributed by atoms with E-state index in [1.807, 2.05) is 0 Å². The molecule has 0 aromatic rings. The molecule has 0 aliphatic heterocycles. The molecule has 0 N–H and O–H groups in total. The average Bonchev–Trinajstić information content (AvgIpc) is 1.95. The van der Waals surface area contributed by atoms with Crippen LogP contribution >= 0.6 is 0 Å². The summed E-state index contributed by atoms with van der Waals surface area (Å²) in [5.41, 5.74) is 0.